The van der Waals surface area contributed by atoms with Crippen molar-refractivity contribution in [1.29, 1.82) is 0 Å². The van der Waals surface area contributed by atoms with E-state index in [1.807, 2.05) is 11.9 Å². The summed E-state index contributed by atoms with van der Waals surface area (Å²) in [5, 5.41) is 11.5. The van der Waals surface area contributed by atoms with Crippen molar-refractivity contribution in [3.05, 3.63) is 12.2 Å². The van der Waals surface area contributed by atoms with E-state index in [4.69, 9.17) is 11.6 Å². The van der Waals surface area contributed by atoms with E-state index in [9.17, 15) is 9.90 Å². The molecule has 0 aromatic heterocycles. The van der Waals surface area contributed by atoms with Crippen molar-refractivity contribution in [2.24, 2.45) is 28.6 Å². The van der Waals surface area contributed by atoms with Crippen LogP contribution < -0.4 is 0 Å². The SMILES string of the molecule is CN1C(=O)C=C[C@]2(C)C3CC[C@@]4(C)C(CC[C@@]4(O)C#CCCCl)C3CCC12. The van der Waals surface area contributed by atoms with Crippen molar-refractivity contribution in [2.45, 2.75) is 70.4 Å². The van der Waals surface area contributed by atoms with E-state index in [-0.39, 0.29) is 16.7 Å². The first-order valence-corrected chi connectivity index (χ1v) is 11.0. The van der Waals surface area contributed by atoms with E-state index in [2.05, 4.69) is 31.8 Å². The number of nitrogens with zero attached hydrogens (tertiary/aromatic N) is 1. The van der Waals surface area contributed by atoms with Crippen molar-refractivity contribution in [1.82, 2.24) is 4.90 Å². The third kappa shape index (κ3) is 2.63. The summed E-state index contributed by atoms with van der Waals surface area (Å²) in [6.07, 6.45) is 10.8. The lowest BCUT2D eigenvalue weighted by Gasteiger charge is -2.60. The molecular weight excluding hydrogens is 358 g/mol. The van der Waals surface area contributed by atoms with E-state index in [0.717, 1.165) is 38.5 Å². The van der Waals surface area contributed by atoms with Gasteiger partial charge in [0.05, 0.1) is 0 Å². The number of aliphatic hydroxyl groups is 1. The monoisotopic (exact) mass is 389 g/mol. The topological polar surface area (TPSA) is 40.5 Å². The molecule has 0 aromatic rings. The van der Waals surface area contributed by atoms with Gasteiger partial charge in [-0.15, -0.1) is 11.6 Å². The predicted octanol–water partition coefficient (Wildman–Crippen LogP) is 3.99. The van der Waals surface area contributed by atoms with Crippen molar-refractivity contribution in [3.63, 3.8) is 0 Å². The van der Waals surface area contributed by atoms with Crippen LogP contribution in [-0.4, -0.2) is 40.5 Å². The van der Waals surface area contributed by atoms with Crippen LogP contribution in [0.4, 0.5) is 0 Å². The first-order valence-electron chi connectivity index (χ1n) is 10.5. The first kappa shape index (κ1) is 19.3. The summed E-state index contributed by atoms with van der Waals surface area (Å²) in [4.78, 5) is 14.1. The number of hydrogen-bond donors (Lipinski definition) is 1. The minimum absolute atomic E-state index is 0.0535. The minimum atomic E-state index is -0.873. The van der Waals surface area contributed by atoms with Gasteiger partial charge in [0.25, 0.3) is 0 Å². The zero-order valence-electron chi connectivity index (χ0n) is 16.8. The summed E-state index contributed by atoms with van der Waals surface area (Å²) < 4.78 is 0. The number of carbonyl (C=O) groups is 1. The van der Waals surface area contributed by atoms with Crippen LogP contribution in [0.5, 0.6) is 0 Å². The van der Waals surface area contributed by atoms with Gasteiger partial charge < -0.3 is 10.0 Å². The molecule has 4 heteroatoms. The number of alkyl halides is 1. The number of rotatable bonds is 1. The number of fused-ring (bicyclic) bond motifs is 5. The molecule has 0 bridgehead atoms. The molecule has 4 rings (SSSR count). The summed E-state index contributed by atoms with van der Waals surface area (Å²) in [5.74, 6) is 8.72. The molecule has 27 heavy (non-hydrogen) atoms. The van der Waals surface area contributed by atoms with Crippen LogP contribution in [0.2, 0.25) is 0 Å². The Kier molecular flexibility index (Phi) is 4.68. The lowest BCUT2D eigenvalue weighted by molar-refractivity contribution is -0.143. The van der Waals surface area contributed by atoms with E-state index in [1.165, 1.54) is 0 Å². The zero-order valence-corrected chi connectivity index (χ0v) is 17.6. The summed E-state index contributed by atoms with van der Waals surface area (Å²) in [7, 11) is 1.96. The van der Waals surface area contributed by atoms with Crippen molar-refractivity contribution in [2.75, 3.05) is 12.9 Å². The van der Waals surface area contributed by atoms with Gasteiger partial charge >= 0.3 is 0 Å². The molecule has 0 spiro atoms. The molecule has 1 amide bonds. The first-order chi connectivity index (χ1) is 12.8. The molecular formula is C23H32ClNO2. The van der Waals surface area contributed by atoms with Gasteiger partial charge in [-0.2, -0.15) is 0 Å². The fourth-order valence-corrected chi connectivity index (χ4v) is 7.31. The fourth-order valence-electron chi connectivity index (χ4n) is 7.22. The second-order valence-corrected chi connectivity index (χ2v) is 10.1. The molecule has 0 aromatic carbocycles. The number of likely N-dealkylation sites (N-methyl/N-ethyl adjacent to an activating group) is 1. The van der Waals surface area contributed by atoms with E-state index < -0.39 is 5.60 Å². The highest BCUT2D eigenvalue weighted by Gasteiger charge is 2.64. The Morgan fingerprint density at radius 3 is 2.70 bits per heavy atom. The van der Waals surface area contributed by atoms with Gasteiger partial charge in [0.1, 0.15) is 5.60 Å². The molecule has 1 heterocycles. The molecule has 3 fully saturated rings. The number of carbonyl (C=O) groups excluding carboxylic acids is 1. The summed E-state index contributed by atoms with van der Waals surface area (Å²) >= 11 is 5.78. The second-order valence-electron chi connectivity index (χ2n) is 9.71. The summed E-state index contributed by atoms with van der Waals surface area (Å²) in [6, 6.07) is 0.310. The maximum atomic E-state index is 12.2. The highest BCUT2D eigenvalue weighted by Crippen LogP contribution is 2.66. The van der Waals surface area contributed by atoms with Crippen LogP contribution in [0.25, 0.3) is 0 Å². The molecule has 0 radical (unpaired) electrons. The summed E-state index contributed by atoms with van der Waals surface area (Å²) in [5.41, 5.74) is -0.948. The highest BCUT2D eigenvalue weighted by molar-refractivity contribution is 6.18. The molecule has 148 valence electrons. The van der Waals surface area contributed by atoms with E-state index >= 15 is 0 Å². The van der Waals surface area contributed by atoms with Crippen molar-refractivity contribution >= 4 is 17.5 Å². The quantitative estimate of drug-likeness (QED) is 0.544. The van der Waals surface area contributed by atoms with E-state index in [1.54, 1.807) is 6.08 Å². The smallest absolute Gasteiger partial charge is 0.246 e. The minimum Gasteiger partial charge on any atom is -0.377 e. The largest absolute Gasteiger partial charge is 0.377 e. The average Bonchev–Trinajstić information content (AvgIpc) is 2.90. The maximum absolute atomic E-state index is 12.2. The molecule has 3 nitrogen and oxygen atoms in total. The molecule has 4 aliphatic rings. The highest BCUT2D eigenvalue weighted by atomic mass is 35.5. The average molecular weight is 390 g/mol. The molecule has 7 atom stereocenters. The van der Waals surface area contributed by atoms with Crippen LogP contribution in [0.15, 0.2) is 12.2 Å². The Morgan fingerprint density at radius 1 is 1.22 bits per heavy atom. The third-order valence-corrected chi connectivity index (χ3v) is 8.98. The van der Waals surface area contributed by atoms with Gasteiger partial charge in [0.15, 0.2) is 0 Å². The van der Waals surface area contributed by atoms with Crippen molar-refractivity contribution in [3.8, 4) is 11.8 Å². The third-order valence-electron chi connectivity index (χ3n) is 8.79. The summed E-state index contributed by atoms with van der Waals surface area (Å²) in [6.45, 7) is 4.63. The molecule has 4 unspecified atom stereocenters. The number of halogens is 1. The van der Waals surface area contributed by atoms with Crippen LogP contribution in [0.3, 0.4) is 0 Å². The fraction of sp³-hybridized carbons (Fsp3) is 0.783. The number of amides is 1. The molecule has 0 saturated heterocycles. The van der Waals surface area contributed by atoms with Gasteiger partial charge in [-0.25, -0.2) is 0 Å². The van der Waals surface area contributed by atoms with Crippen LogP contribution in [-0.2, 0) is 4.79 Å². The molecule has 3 aliphatic carbocycles. The van der Waals surface area contributed by atoms with Crippen LogP contribution >= 0.6 is 11.6 Å². The van der Waals surface area contributed by atoms with Crippen molar-refractivity contribution < 1.29 is 9.90 Å². The van der Waals surface area contributed by atoms with E-state index in [0.29, 0.717) is 36.1 Å². The van der Waals surface area contributed by atoms with Crippen LogP contribution in [0, 0.1) is 40.4 Å². The van der Waals surface area contributed by atoms with Gasteiger partial charge in [-0.3, -0.25) is 4.79 Å². The predicted molar refractivity (Wildman–Crippen MR) is 108 cm³/mol. The standard InChI is InChI=1S/C23H32ClNO2/c1-21-12-10-20(26)25(3)19(21)7-6-16-17(21)8-13-22(2)18(16)9-14-23(22,27)11-4-5-15-24/h10,12,16-19,27H,5-9,13-15H2,1-3H3/t16?,17?,18?,19?,21-,22+,23+/m1/s1. The molecule has 1 aliphatic heterocycles. The maximum Gasteiger partial charge on any atom is 0.246 e. The normalized spacial score (nSPS) is 48.3. The lowest BCUT2D eigenvalue weighted by Crippen LogP contribution is -2.60. The Morgan fingerprint density at radius 2 is 1.96 bits per heavy atom. The molecule has 1 N–H and O–H groups in total. The Hall–Kier alpha value is -0.980. The van der Waals surface area contributed by atoms with Gasteiger partial charge in [0, 0.05) is 36.2 Å². The second kappa shape index (κ2) is 6.53. The van der Waals surface area contributed by atoms with Gasteiger partial charge in [-0.1, -0.05) is 31.8 Å². The Bertz CT molecular complexity index is 724. The van der Waals surface area contributed by atoms with Gasteiger partial charge in [-0.05, 0) is 62.4 Å². The Balaban J connectivity index is 1.64. The number of hydrogen-bond acceptors (Lipinski definition) is 2. The zero-order chi connectivity index (χ0) is 19.4. The van der Waals surface area contributed by atoms with Crippen LogP contribution in [0.1, 0.15) is 58.8 Å². The Labute approximate surface area is 168 Å². The lowest BCUT2D eigenvalue weighted by atomic mass is 9.47. The van der Waals surface area contributed by atoms with Gasteiger partial charge in [0.2, 0.25) is 5.91 Å². The molecule has 3 saturated carbocycles.